The molecule has 2 rings (SSSR count). The average Bonchev–Trinajstić information content (AvgIpc) is 3.07. The first-order valence-electron chi connectivity index (χ1n) is 9.55. The summed E-state index contributed by atoms with van der Waals surface area (Å²) in [6.45, 7) is 13.5. The van der Waals surface area contributed by atoms with Crippen molar-refractivity contribution in [3.8, 4) is 0 Å². The maximum Gasteiger partial charge on any atom is 0.324 e. The van der Waals surface area contributed by atoms with E-state index in [2.05, 4.69) is 27.7 Å². The van der Waals surface area contributed by atoms with Gasteiger partial charge in [0, 0.05) is 0 Å². The largest absolute Gasteiger partial charge is 0.465 e. The Hall–Kier alpha value is -1.06. The van der Waals surface area contributed by atoms with Crippen molar-refractivity contribution >= 4 is 11.9 Å². The summed E-state index contributed by atoms with van der Waals surface area (Å²) in [4.78, 5) is 25.9. The lowest BCUT2D eigenvalue weighted by molar-refractivity contribution is -0.183. The number of rotatable bonds is 6. The van der Waals surface area contributed by atoms with E-state index in [1.54, 1.807) is 0 Å². The van der Waals surface area contributed by atoms with Crippen molar-refractivity contribution in [1.29, 1.82) is 0 Å². The Bertz CT molecular complexity index is 453. The van der Waals surface area contributed by atoms with Crippen molar-refractivity contribution in [2.45, 2.75) is 67.2 Å². The zero-order valence-electron chi connectivity index (χ0n) is 16.2. The van der Waals surface area contributed by atoms with Gasteiger partial charge in [0.15, 0.2) is 5.41 Å². The fourth-order valence-electron chi connectivity index (χ4n) is 5.12. The van der Waals surface area contributed by atoms with E-state index < -0.39 is 5.41 Å². The molecule has 24 heavy (non-hydrogen) atoms. The van der Waals surface area contributed by atoms with Gasteiger partial charge in [-0.2, -0.15) is 0 Å². The van der Waals surface area contributed by atoms with Crippen LogP contribution in [0.1, 0.15) is 67.2 Å². The molecular weight excluding hydrogens is 304 g/mol. The van der Waals surface area contributed by atoms with E-state index >= 15 is 0 Å². The number of esters is 2. The van der Waals surface area contributed by atoms with Gasteiger partial charge in [-0.25, -0.2) is 0 Å². The summed E-state index contributed by atoms with van der Waals surface area (Å²) in [7, 11) is 0. The Kier molecular flexibility index (Phi) is 5.66. The lowest BCUT2D eigenvalue weighted by Crippen LogP contribution is -2.53. The molecule has 0 aliphatic heterocycles. The van der Waals surface area contributed by atoms with E-state index in [-0.39, 0.29) is 29.2 Å². The van der Waals surface area contributed by atoms with Gasteiger partial charge in [-0.05, 0) is 54.8 Å². The van der Waals surface area contributed by atoms with Gasteiger partial charge in [0.25, 0.3) is 0 Å². The van der Waals surface area contributed by atoms with Crippen LogP contribution < -0.4 is 0 Å². The third kappa shape index (κ3) is 2.97. The molecule has 0 aromatic carbocycles. The van der Waals surface area contributed by atoms with E-state index in [1.807, 2.05) is 13.8 Å². The highest BCUT2D eigenvalue weighted by Gasteiger charge is 2.70. The maximum atomic E-state index is 13.0. The third-order valence-corrected chi connectivity index (χ3v) is 6.28. The first-order valence-corrected chi connectivity index (χ1v) is 9.55. The van der Waals surface area contributed by atoms with E-state index in [4.69, 9.17) is 9.47 Å². The van der Waals surface area contributed by atoms with E-state index in [0.717, 1.165) is 25.7 Å². The Balaban J connectivity index is 2.32. The van der Waals surface area contributed by atoms with Crippen molar-refractivity contribution in [2.24, 2.45) is 34.5 Å². The van der Waals surface area contributed by atoms with Crippen LogP contribution in [0.2, 0.25) is 0 Å². The summed E-state index contributed by atoms with van der Waals surface area (Å²) in [6, 6.07) is 0. The summed E-state index contributed by atoms with van der Waals surface area (Å²) in [6.07, 6.45) is 3.38. The number of carbonyl (C=O) groups excluding carboxylic acids is 2. The van der Waals surface area contributed by atoms with Crippen LogP contribution in [-0.2, 0) is 19.1 Å². The second kappa shape index (κ2) is 7.05. The smallest absolute Gasteiger partial charge is 0.324 e. The van der Waals surface area contributed by atoms with Crippen LogP contribution in [0.15, 0.2) is 0 Å². The summed E-state index contributed by atoms with van der Waals surface area (Å²) in [5.74, 6) is 0.266. The number of hydrogen-bond donors (Lipinski definition) is 0. The van der Waals surface area contributed by atoms with Crippen LogP contribution in [0.3, 0.4) is 0 Å². The number of hydrogen-bond acceptors (Lipinski definition) is 4. The number of ether oxygens (including phenoxy) is 2. The number of carbonyl (C=O) groups is 2. The standard InChI is InChI=1S/C20H34O4/c1-7-9-23-17(21)20(18(22)24-10-8-2)13(3)15-11-14(20)12-16(15)19(4,5)6/h13-16H,7-12H2,1-6H3. The molecule has 2 saturated carbocycles. The second-order valence-electron chi connectivity index (χ2n) is 8.73. The first-order chi connectivity index (χ1) is 11.2. The summed E-state index contributed by atoms with van der Waals surface area (Å²) in [5.41, 5.74) is -0.892. The summed E-state index contributed by atoms with van der Waals surface area (Å²) < 4.78 is 11.0. The van der Waals surface area contributed by atoms with E-state index in [9.17, 15) is 9.59 Å². The quantitative estimate of drug-likeness (QED) is 0.537. The van der Waals surface area contributed by atoms with Crippen LogP contribution >= 0.6 is 0 Å². The van der Waals surface area contributed by atoms with Gasteiger partial charge < -0.3 is 9.47 Å². The van der Waals surface area contributed by atoms with Crippen molar-refractivity contribution < 1.29 is 19.1 Å². The van der Waals surface area contributed by atoms with Crippen molar-refractivity contribution in [3.63, 3.8) is 0 Å². The molecule has 0 aromatic heterocycles. The van der Waals surface area contributed by atoms with Gasteiger partial charge in [-0.15, -0.1) is 0 Å². The molecule has 4 nitrogen and oxygen atoms in total. The molecular formula is C20H34O4. The van der Waals surface area contributed by atoms with Crippen LogP contribution in [0.4, 0.5) is 0 Å². The van der Waals surface area contributed by atoms with Gasteiger partial charge in [0.05, 0.1) is 13.2 Å². The van der Waals surface area contributed by atoms with Crippen molar-refractivity contribution in [3.05, 3.63) is 0 Å². The molecule has 2 bridgehead atoms. The zero-order chi connectivity index (χ0) is 18.1. The van der Waals surface area contributed by atoms with E-state index in [0.29, 0.717) is 25.0 Å². The zero-order valence-corrected chi connectivity index (χ0v) is 16.2. The predicted molar refractivity (Wildman–Crippen MR) is 93.3 cm³/mol. The molecule has 2 aliphatic carbocycles. The highest BCUT2D eigenvalue weighted by atomic mass is 16.6. The second-order valence-corrected chi connectivity index (χ2v) is 8.73. The fraction of sp³-hybridized carbons (Fsp3) is 0.900. The summed E-state index contributed by atoms with van der Waals surface area (Å²) in [5, 5.41) is 0. The molecule has 2 aliphatic rings. The normalized spacial score (nSPS) is 31.1. The van der Waals surface area contributed by atoms with E-state index in [1.165, 1.54) is 0 Å². The molecule has 4 unspecified atom stereocenters. The minimum Gasteiger partial charge on any atom is -0.465 e. The molecule has 0 radical (unpaired) electrons. The molecule has 0 heterocycles. The highest BCUT2D eigenvalue weighted by molar-refractivity contribution is 6.01. The number of fused-ring (bicyclic) bond motifs is 2. The molecule has 0 saturated heterocycles. The van der Waals surface area contributed by atoms with Crippen LogP contribution in [0, 0.1) is 34.5 Å². The molecule has 0 amide bonds. The van der Waals surface area contributed by atoms with Crippen LogP contribution in [0.25, 0.3) is 0 Å². The molecule has 4 atom stereocenters. The van der Waals surface area contributed by atoms with Gasteiger partial charge in [-0.3, -0.25) is 9.59 Å². The van der Waals surface area contributed by atoms with Gasteiger partial charge in [0.1, 0.15) is 0 Å². The van der Waals surface area contributed by atoms with Gasteiger partial charge >= 0.3 is 11.9 Å². The lowest BCUT2D eigenvalue weighted by Gasteiger charge is -2.44. The van der Waals surface area contributed by atoms with Crippen molar-refractivity contribution in [1.82, 2.24) is 0 Å². The van der Waals surface area contributed by atoms with Crippen LogP contribution in [-0.4, -0.2) is 25.2 Å². The highest BCUT2D eigenvalue weighted by Crippen LogP contribution is 2.65. The van der Waals surface area contributed by atoms with Crippen LogP contribution in [0.5, 0.6) is 0 Å². The first kappa shape index (κ1) is 19.3. The van der Waals surface area contributed by atoms with Gasteiger partial charge in [-0.1, -0.05) is 41.5 Å². The minimum absolute atomic E-state index is 0.0193. The van der Waals surface area contributed by atoms with Gasteiger partial charge in [0.2, 0.25) is 0 Å². The SMILES string of the molecule is CCCOC(=O)C1(C(=O)OCCC)C2CC(C(C(C)(C)C)C2)C1C. The summed E-state index contributed by atoms with van der Waals surface area (Å²) >= 11 is 0. The minimum atomic E-state index is -1.09. The Morgan fingerprint density at radius 1 is 1.00 bits per heavy atom. The Morgan fingerprint density at radius 3 is 1.88 bits per heavy atom. The average molecular weight is 338 g/mol. The lowest BCUT2D eigenvalue weighted by atomic mass is 9.59. The molecule has 0 spiro atoms. The molecule has 0 aromatic rings. The monoisotopic (exact) mass is 338 g/mol. The Labute approximate surface area is 146 Å². The predicted octanol–water partition coefficient (Wildman–Crippen LogP) is 4.22. The molecule has 138 valence electrons. The maximum absolute atomic E-state index is 13.0. The topological polar surface area (TPSA) is 52.6 Å². The fourth-order valence-corrected chi connectivity index (χ4v) is 5.12. The molecule has 4 heteroatoms. The molecule has 0 N–H and O–H groups in total. The van der Waals surface area contributed by atoms with Crippen molar-refractivity contribution in [2.75, 3.05) is 13.2 Å². The Morgan fingerprint density at radius 2 is 1.50 bits per heavy atom. The third-order valence-electron chi connectivity index (χ3n) is 6.28. The molecule has 2 fully saturated rings.